The van der Waals surface area contributed by atoms with Gasteiger partial charge in [-0.05, 0) is 38.5 Å². The summed E-state index contributed by atoms with van der Waals surface area (Å²) in [6, 6.07) is 5.43. The maximum Gasteiger partial charge on any atom is 0.310 e. The summed E-state index contributed by atoms with van der Waals surface area (Å²) in [6.45, 7) is 5.67. The van der Waals surface area contributed by atoms with Gasteiger partial charge in [-0.15, -0.1) is 0 Å². The van der Waals surface area contributed by atoms with E-state index in [0.717, 1.165) is 16.8 Å². The molecular formula is C17H18N2O5. The van der Waals surface area contributed by atoms with Crippen molar-refractivity contribution in [2.75, 3.05) is 11.9 Å². The molecule has 0 bridgehead atoms. The Morgan fingerprint density at radius 3 is 2.83 bits per heavy atom. The van der Waals surface area contributed by atoms with Crippen molar-refractivity contribution >= 4 is 17.6 Å². The van der Waals surface area contributed by atoms with Gasteiger partial charge in [-0.25, -0.2) is 0 Å². The summed E-state index contributed by atoms with van der Waals surface area (Å²) in [6.07, 6.45) is -1.01. The molecule has 2 heterocycles. The highest BCUT2D eigenvalue weighted by Gasteiger charge is 2.30. The summed E-state index contributed by atoms with van der Waals surface area (Å²) >= 11 is 0. The molecule has 2 aromatic rings. The molecule has 1 unspecified atom stereocenters. The van der Waals surface area contributed by atoms with E-state index in [4.69, 9.17) is 14.0 Å². The van der Waals surface area contributed by atoms with Crippen molar-refractivity contribution in [3.05, 3.63) is 29.7 Å². The number of aromatic nitrogens is 1. The third-order valence-electron chi connectivity index (χ3n) is 3.78. The fourth-order valence-corrected chi connectivity index (χ4v) is 2.71. The number of carbonyl (C=O) groups is 2. The van der Waals surface area contributed by atoms with Gasteiger partial charge in [0.1, 0.15) is 11.5 Å². The number of anilines is 1. The van der Waals surface area contributed by atoms with E-state index >= 15 is 0 Å². The highest BCUT2D eigenvalue weighted by atomic mass is 16.5. The van der Waals surface area contributed by atoms with Gasteiger partial charge in [-0.1, -0.05) is 11.2 Å². The molecule has 0 saturated carbocycles. The van der Waals surface area contributed by atoms with Gasteiger partial charge in [0.2, 0.25) is 0 Å². The lowest BCUT2D eigenvalue weighted by Crippen LogP contribution is -2.38. The molecule has 1 aromatic heterocycles. The van der Waals surface area contributed by atoms with Crippen LogP contribution < -0.4 is 10.1 Å². The number of fused-ring (bicyclic) bond motifs is 1. The van der Waals surface area contributed by atoms with Crippen molar-refractivity contribution in [1.29, 1.82) is 0 Å². The largest absolute Gasteiger partial charge is 0.478 e. The minimum atomic E-state index is -0.888. The number of rotatable bonds is 4. The van der Waals surface area contributed by atoms with Crippen LogP contribution in [0.3, 0.4) is 0 Å². The van der Waals surface area contributed by atoms with E-state index < -0.39 is 12.1 Å². The summed E-state index contributed by atoms with van der Waals surface area (Å²) < 4.78 is 15.7. The molecule has 1 aliphatic rings. The van der Waals surface area contributed by atoms with Gasteiger partial charge in [0.15, 0.2) is 6.10 Å². The zero-order chi connectivity index (χ0) is 17.3. The van der Waals surface area contributed by atoms with Crippen molar-refractivity contribution in [3.63, 3.8) is 0 Å². The molecule has 1 aromatic carbocycles. The number of hydrogen-bond donors (Lipinski definition) is 1. The van der Waals surface area contributed by atoms with Crippen LogP contribution in [0.4, 0.5) is 5.69 Å². The molecule has 0 saturated heterocycles. The van der Waals surface area contributed by atoms with E-state index in [1.165, 1.54) is 0 Å². The molecule has 3 rings (SSSR count). The Balaban J connectivity index is 1.85. The highest BCUT2D eigenvalue weighted by molar-refractivity contribution is 6.00. The molecule has 0 spiro atoms. The average Bonchev–Trinajstić information content (AvgIpc) is 2.87. The number of ether oxygens (including phenoxy) is 2. The van der Waals surface area contributed by atoms with Crippen molar-refractivity contribution in [2.24, 2.45) is 0 Å². The second kappa shape index (κ2) is 6.35. The zero-order valence-electron chi connectivity index (χ0n) is 13.7. The van der Waals surface area contributed by atoms with Crippen LogP contribution in [-0.2, 0) is 14.3 Å². The number of aryl methyl sites for hydroxylation is 2. The predicted octanol–water partition coefficient (Wildman–Crippen LogP) is 2.61. The summed E-state index contributed by atoms with van der Waals surface area (Å²) in [5.41, 5.74) is 3.09. The molecule has 0 radical (unpaired) electrons. The smallest absolute Gasteiger partial charge is 0.310 e. The second-order valence-electron chi connectivity index (χ2n) is 5.51. The number of nitrogens with one attached hydrogen (secondary N) is 1. The van der Waals surface area contributed by atoms with Crippen molar-refractivity contribution in [2.45, 2.75) is 33.3 Å². The lowest BCUT2D eigenvalue weighted by atomic mass is 10.0. The van der Waals surface area contributed by atoms with Crippen LogP contribution in [0.2, 0.25) is 0 Å². The minimum absolute atomic E-state index is 0.120. The van der Waals surface area contributed by atoms with Crippen LogP contribution >= 0.6 is 0 Å². The second-order valence-corrected chi connectivity index (χ2v) is 5.51. The maximum atomic E-state index is 12.2. The van der Waals surface area contributed by atoms with Gasteiger partial charge >= 0.3 is 5.97 Å². The first kappa shape index (κ1) is 16.0. The lowest BCUT2D eigenvalue weighted by Gasteiger charge is -2.25. The Morgan fingerprint density at radius 2 is 2.17 bits per heavy atom. The Hall–Kier alpha value is -2.83. The molecule has 126 valence electrons. The molecule has 0 fully saturated rings. The fraction of sp³-hybridized carbons (Fsp3) is 0.353. The zero-order valence-corrected chi connectivity index (χ0v) is 13.7. The van der Waals surface area contributed by atoms with Gasteiger partial charge in [0.05, 0.1) is 24.4 Å². The van der Waals surface area contributed by atoms with Crippen molar-refractivity contribution in [3.8, 4) is 16.9 Å². The SMILES string of the molecule is CCOC(=O)CC1Oc2ccc(-c3c(C)noc3C)cc2NC1=O. The quantitative estimate of drug-likeness (QED) is 0.867. The third-order valence-corrected chi connectivity index (χ3v) is 3.78. The van der Waals surface area contributed by atoms with Crippen LogP contribution in [0.25, 0.3) is 11.1 Å². The first-order valence-electron chi connectivity index (χ1n) is 7.70. The maximum absolute atomic E-state index is 12.2. The van der Waals surface area contributed by atoms with Gasteiger partial charge in [0, 0.05) is 5.56 Å². The van der Waals surface area contributed by atoms with E-state index in [-0.39, 0.29) is 18.9 Å². The molecule has 1 aliphatic heterocycles. The van der Waals surface area contributed by atoms with E-state index in [0.29, 0.717) is 17.2 Å². The number of hydrogen-bond acceptors (Lipinski definition) is 6. The van der Waals surface area contributed by atoms with Crippen LogP contribution in [0.1, 0.15) is 24.8 Å². The number of benzene rings is 1. The molecule has 7 heteroatoms. The van der Waals surface area contributed by atoms with Crippen LogP contribution in [-0.4, -0.2) is 29.7 Å². The van der Waals surface area contributed by atoms with Gasteiger partial charge < -0.3 is 19.3 Å². The standard InChI is InChI=1S/C17H18N2O5/c1-4-22-15(20)8-14-17(21)18-12-7-11(5-6-13(12)23-14)16-9(2)19-24-10(16)3/h5-7,14H,4,8H2,1-3H3,(H,18,21). The Morgan fingerprint density at radius 1 is 1.38 bits per heavy atom. The number of amides is 1. The van der Waals surface area contributed by atoms with E-state index in [1.807, 2.05) is 19.9 Å². The van der Waals surface area contributed by atoms with Gasteiger partial charge in [-0.2, -0.15) is 0 Å². The van der Waals surface area contributed by atoms with E-state index in [1.54, 1.807) is 19.1 Å². The monoisotopic (exact) mass is 330 g/mol. The first-order chi connectivity index (χ1) is 11.5. The van der Waals surface area contributed by atoms with Crippen molar-refractivity contribution in [1.82, 2.24) is 5.16 Å². The summed E-state index contributed by atoms with van der Waals surface area (Å²) in [4.78, 5) is 23.7. The number of esters is 1. The summed E-state index contributed by atoms with van der Waals surface area (Å²) in [5.74, 6) is 0.384. The Labute approximate surface area is 138 Å². The van der Waals surface area contributed by atoms with Crippen LogP contribution in [0.5, 0.6) is 5.75 Å². The molecule has 7 nitrogen and oxygen atoms in total. The molecule has 24 heavy (non-hydrogen) atoms. The first-order valence-corrected chi connectivity index (χ1v) is 7.70. The number of nitrogens with zero attached hydrogens (tertiary/aromatic N) is 1. The molecule has 1 atom stereocenters. The Bertz CT molecular complexity index is 777. The fourth-order valence-electron chi connectivity index (χ4n) is 2.71. The average molecular weight is 330 g/mol. The van der Waals surface area contributed by atoms with Gasteiger partial charge in [-0.3, -0.25) is 9.59 Å². The van der Waals surface area contributed by atoms with Crippen molar-refractivity contribution < 1.29 is 23.6 Å². The van der Waals surface area contributed by atoms with E-state index in [9.17, 15) is 9.59 Å². The molecular weight excluding hydrogens is 312 g/mol. The van der Waals surface area contributed by atoms with Crippen LogP contribution in [0, 0.1) is 13.8 Å². The molecule has 1 N–H and O–H groups in total. The molecule has 0 aliphatic carbocycles. The molecule has 1 amide bonds. The lowest BCUT2D eigenvalue weighted by molar-refractivity contribution is -0.147. The Kier molecular flexibility index (Phi) is 4.24. The summed E-state index contributed by atoms with van der Waals surface area (Å²) in [5, 5.41) is 6.71. The summed E-state index contributed by atoms with van der Waals surface area (Å²) in [7, 11) is 0. The predicted molar refractivity (Wildman–Crippen MR) is 85.7 cm³/mol. The third kappa shape index (κ3) is 2.97. The van der Waals surface area contributed by atoms with Crippen LogP contribution in [0.15, 0.2) is 22.7 Å². The van der Waals surface area contributed by atoms with Gasteiger partial charge in [0.25, 0.3) is 5.91 Å². The minimum Gasteiger partial charge on any atom is -0.478 e. The normalized spacial score (nSPS) is 16.1. The highest BCUT2D eigenvalue weighted by Crippen LogP contribution is 2.36. The topological polar surface area (TPSA) is 90.7 Å². The number of carbonyl (C=O) groups excluding carboxylic acids is 2. The van der Waals surface area contributed by atoms with E-state index in [2.05, 4.69) is 10.5 Å².